The van der Waals surface area contributed by atoms with Crippen molar-refractivity contribution in [1.29, 1.82) is 0 Å². The maximum atomic E-state index is 12.9. The molecule has 0 aliphatic rings. The lowest BCUT2D eigenvalue weighted by atomic mass is 9.88. The van der Waals surface area contributed by atoms with Gasteiger partial charge < -0.3 is 5.11 Å². The number of carboxylic acid groups (broad SMARTS) is 1. The summed E-state index contributed by atoms with van der Waals surface area (Å²) in [5.41, 5.74) is 1.38. The fraction of sp³-hybridized carbons (Fsp3) is 0.133. The van der Waals surface area contributed by atoms with E-state index in [1.165, 1.54) is 24.3 Å². The van der Waals surface area contributed by atoms with Crippen LogP contribution < -0.4 is 0 Å². The number of hydrogen-bond acceptors (Lipinski definition) is 1. The summed E-state index contributed by atoms with van der Waals surface area (Å²) in [6.45, 7) is 0. The first-order valence-corrected chi connectivity index (χ1v) is 5.79. The summed E-state index contributed by atoms with van der Waals surface area (Å²) in [4.78, 5) is 10.9. The van der Waals surface area contributed by atoms with E-state index in [1.807, 2.05) is 0 Å². The molecule has 0 amide bonds. The van der Waals surface area contributed by atoms with Crippen molar-refractivity contribution in [3.63, 3.8) is 0 Å². The highest BCUT2D eigenvalue weighted by Gasteiger charge is 2.18. The van der Waals surface area contributed by atoms with Gasteiger partial charge in [-0.15, -0.1) is 0 Å². The Morgan fingerprint density at radius 1 is 0.895 bits per heavy atom. The summed E-state index contributed by atoms with van der Waals surface area (Å²) in [7, 11) is 0. The van der Waals surface area contributed by atoms with Crippen LogP contribution in [0.15, 0.2) is 48.5 Å². The molecule has 0 saturated carbocycles. The Labute approximate surface area is 109 Å². The van der Waals surface area contributed by atoms with Crippen LogP contribution in [-0.4, -0.2) is 11.1 Å². The predicted octanol–water partition coefficient (Wildman–Crippen LogP) is 3.57. The number of carbonyl (C=O) groups is 1. The third-order valence-electron chi connectivity index (χ3n) is 2.92. The summed E-state index contributed by atoms with van der Waals surface area (Å²) >= 11 is 0. The Morgan fingerprint density at radius 2 is 1.26 bits per heavy atom. The molecule has 0 unspecified atom stereocenters. The van der Waals surface area contributed by atoms with E-state index in [2.05, 4.69) is 0 Å². The zero-order valence-corrected chi connectivity index (χ0v) is 10.0. The minimum Gasteiger partial charge on any atom is -0.481 e. The van der Waals surface area contributed by atoms with Crippen molar-refractivity contribution in [2.45, 2.75) is 12.3 Å². The van der Waals surface area contributed by atoms with Gasteiger partial charge in [0.25, 0.3) is 0 Å². The van der Waals surface area contributed by atoms with Gasteiger partial charge >= 0.3 is 5.97 Å². The first-order chi connectivity index (χ1) is 9.06. The molecular formula is C15H12F2O2. The standard InChI is InChI=1S/C15H12F2O2/c16-12-5-1-10(2-6-12)14(9-15(18)19)11-3-7-13(17)8-4-11/h1-8,14H,9H2,(H,18,19). The number of halogens is 2. The van der Waals surface area contributed by atoms with Gasteiger partial charge in [-0.2, -0.15) is 0 Å². The fourth-order valence-corrected chi connectivity index (χ4v) is 1.99. The van der Waals surface area contributed by atoms with Crippen molar-refractivity contribution in [1.82, 2.24) is 0 Å². The molecule has 1 N–H and O–H groups in total. The van der Waals surface area contributed by atoms with Crippen LogP contribution in [0.2, 0.25) is 0 Å². The number of rotatable bonds is 4. The molecule has 0 aromatic heterocycles. The third kappa shape index (κ3) is 3.37. The molecule has 4 heteroatoms. The van der Waals surface area contributed by atoms with Crippen molar-refractivity contribution in [2.75, 3.05) is 0 Å². The third-order valence-corrected chi connectivity index (χ3v) is 2.92. The highest BCUT2D eigenvalue weighted by atomic mass is 19.1. The van der Waals surface area contributed by atoms with Crippen LogP contribution in [0.5, 0.6) is 0 Å². The normalized spacial score (nSPS) is 10.7. The smallest absolute Gasteiger partial charge is 0.304 e. The Bertz CT molecular complexity index is 516. The molecule has 0 aliphatic heterocycles. The van der Waals surface area contributed by atoms with Gasteiger partial charge in [-0.25, -0.2) is 8.78 Å². The Kier molecular flexibility index (Phi) is 3.90. The molecule has 98 valence electrons. The molecule has 2 aromatic rings. The molecule has 0 fully saturated rings. The van der Waals surface area contributed by atoms with Crippen molar-refractivity contribution < 1.29 is 18.7 Å². The van der Waals surface area contributed by atoms with Gasteiger partial charge in [-0.05, 0) is 35.4 Å². The molecule has 0 saturated heterocycles. The average molecular weight is 262 g/mol. The maximum Gasteiger partial charge on any atom is 0.304 e. The zero-order chi connectivity index (χ0) is 13.8. The van der Waals surface area contributed by atoms with Gasteiger partial charge in [-0.1, -0.05) is 24.3 Å². The van der Waals surface area contributed by atoms with E-state index in [-0.39, 0.29) is 18.1 Å². The van der Waals surface area contributed by atoms with E-state index < -0.39 is 11.9 Å². The van der Waals surface area contributed by atoms with Crippen molar-refractivity contribution >= 4 is 5.97 Å². The molecule has 0 aliphatic carbocycles. The summed E-state index contributed by atoms with van der Waals surface area (Å²) < 4.78 is 25.8. The zero-order valence-electron chi connectivity index (χ0n) is 10.0. The van der Waals surface area contributed by atoms with Crippen LogP contribution >= 0.6 is 0 Å². The van der Waals surface area contributed by atoms with Crippen LogP contribution in [-0.2, 0) is 4.79 Å². The molecule has 0 radical (unpaired) electrons. The van der Waals surface area contributed by atoms with Gasteiger partial charge in [0.2, 0.25) is 0 Å². The second-order valence-electron chi connectivity index (χ2n) is 4.25. The lowest BCUT2D eigenvalue weighted by molar-refractivity contribution is -0.137. The average Bonchev–Trinajstić information content (AvgIpc) is 2.38. The second-order valence-corrected chi connectivity index (χ2v) is 4.25. The summed E-state index contributed by atoms with van der Waals surface area (Å²) in [6.07, 6.45) is -0.128. The molecule has 2 rings (SSSR count). The molecule has 0 heterocycles. The van der Waals surface area contributed by atoms with E-state index in [0.717, 1.165) is 0 Å². The molecule has 2 aromatic carbocycles. The summed E-state index contributed by atoms with van der Waals surface area (Å²) in [6, 6.07) is 11.3. The second kappa shape index (κ2) is 5.61. The number of benzene rings is 2. The Morgan fingerprint density at radius 3 is 1.58 bits per heavy atom. The van der Waals surface area contributed by atoms with Crippen LogP contribution in [0.25, 0.3) is 0 Å². The topological polar surface area (TPSA) is 37.3 Å². The molecule has 0 atom stereocenters. The quantitative estimate of drug-likeness (QED) is 0.914. The SMILES string of the molecule is O=C(O)CC(c1ccc(F)cc1)c1ccc(F)cc1. The number of aliphatic carboxylic acids is 1. The monoisotopic (exact) mass is 262 g/mol. The molecule has 2 nitrogen and oxygen atoms in total. The number of hydrogen-bond donors (Lipinski definition) is 1. The van der Waals surface area contributed by atoms with Gasteiger partial charge in [0.15, 0.2) is 0 Å². The van der Waals surface area contributed by atoms with Gasteiger partial charge in [0.05, 0.1) is 6.42 Å². The summed E-state index contributed by atoms with van der Waals surface area (Å²) in [5.74, 6) is -2.13. The van der Waals surface area contributed by atoms with Crippen molar-refractivity contribution in [2.24, 2.45) is 0 Å². The largest absolute Gasteiger partial charge is 0.481 e. The predicted molar refractivity (Wildman–Crippen MR) is 66.9 cm³/mol. The Hall–Kier alpha value is -2.23. The lowest BCUT2D eigenvalue weighted by Gasteiger charge is -2.16. The van der Waals surface area contributed by atoms with Gasteiger partial charge in [-0.3, -0.25) is 4.79 Å². The Balaban J connectivity index is 2.37. The highest BCUT2D eigenvalue weighted by Crippen LogP contribution is 2.28. The molecule has 0 bridgehead atoms. The lowest BCUT2D eigenvalue weighted by Crippen LogP contribution is -2.08. The van der Waals surface area contributed by atoms with Crippen LogP contribution in [0.3, 0.4) is 0 Å². The molecule has 19 heavy (non-hydrogen) atoms. The number of carboxylic acids is 1. The minimum atomic E-state index is -0.960. The first-order valence-electron chi connectivity index (χ1n) is 5.79. The maximum absolute atomic E-state index is 12.9. The van der Waals surface area contributed by atoms with E-state index in [4.69, 9.17) is 5.11 Å². The van der Waals surface area contributed by atoms with Crippen LogP contribution in [0, 0.1) is 11.6 Å². The molecule has 0 spiro atoms. The van der Waals surface area contributed by atoms with E-state index in [1.54, 1.807) is 24.3 Å². The highest BCUT2D eigenvalue weighted by molar-refractivity contribution is 5.69. The first kappa shape index (κ1) is 13.2. The van der Waals surface area contributed by atoms with Gasteiger partial charge in [0.1, 0.15) is 11.6 Å². The van der Waals surface area contributed by atoms with E-state index in [9.17, 15) is 13.6 Å². The van der Waals surface area contributed by atoms with E-state index in [0.29, 0.717) is 11.1 Å². The van der Waals surface area contributed by atoms with E-state index >= 15 is 0 Å². The molecular weight excluding hydrogens is 250 g/mol. The van der Waals surface area contributed by atoms with Gasteiger partial charge in [0, 0.05) is 5.92 Å². The van der Waals surface area contributed by atoms with Crippen molar-refractivity contribution in [3.05, 3.63) is 71.3 Å². The van der Waals surface area contributed by atoms with Crippen molar-refractivity contribution in [3.8, 4) is 0 Å². The fourth-order valence-electron chi connectivity index (χ4n) is 1.99. The summed E-state index contributed by atoms with van der Waals surface area (Å²) in [5, 5.41) is 8.97. The minimum absolute atomic E-state index is 0.128. The van der Waals surface area contributed by atoms with Crippen LogP contribution in [0.4, 0.5) is 8.78 Å². The van der Waals surface area contributed by atoms with Crippen LogP contribution in [0.1, 0.15) is 23.5 Å².